The van der Waals surface area contributed by atoms with Crippen LogP contribution < -0.4 is 5.32 Å². The van der Waals surface area contributed by atoms with Crippen molar-refractivity contribution in [3.8, 4) is 5.75 Å². The third-order valence-corrected chi connectivity index (χ3v) is 5.31. The van der Waals surface area contributed by atoms with E-state index in [1.807, 2.05) is 0 Å². The van der Waals surface area contributed by atoms with E-state index >= 15 is 0 Å². The van der Waals surface area contributed by atoms with Crippen molar-refractivity contribution in [1.29, 1.82) is 0 Å². The summed E-state index contributed by atoms with van der Waals surface area (Å²) in [5, 5.41) is 13.0. The molecule has 28 heavy (non-hydrogen) atoms. The normalized spacial score (nSPS) is 15.2. The van der Waals surface area contributed by atoms with Crippen molar-refractivity contribution in [1.82, 2.24) is 4.90 Å². The molecule has 1 fully saturated rings. The number of para-hydroxylation sites is 1. The molecule has 1 saturated heterocycles. The van der Waals surface area contributed by atoms with E-state index < -0.39 is 0 Å². The largest absolute Gasteiger partial charge is 0.507 e. The summed E-state index contributed by atoms with van der Waals surface area (Å²) in [6, 6.07) is 13.6. The molecule has 2 N–H and O–H groups in total. The quantitative estimate of drug-likeness (QED) is 0.422. The molecule has 1 amide bonds. The number of amides is 1. The first kappa shape index (κ1) is 19.9. The minimum Gasteiger partial charge on any atom is -0.507 e. The number of benzene rings is 2. The maximum Gasteiger partial charge on any atom is 0.338 e. The number of rotatable bonds is 6. The standard InChI is InChI=1S/C20H18N2O4S2/c1-2-26-19(25)13-7-9-15(10-8-13)21-12-22-18(24)17(28-20(22)27)11-14-5-3-4-6-16(14)23/h3-11,21,23H,2,12H2,1H3/b17-11+. The van der Waals surface area contributed by atoms with E-state index in [2.05, 4.69) is 5.32 Å². The van der Waals surface area contributed by atoms with Crippen molar-refractivity contribution in [2.75, 3.05) is 18.6 Å². The second-order valence-corrected chi connectivity index (χ2v) is 7.48. The molecule has 0 bridgehead atoms. The number of phenols is 1. The van der Waals surface area contributed by atoms with Gasteiger partial charge in [-0.25, -0.2) is 4.79 Å². The molecule has 2 aromatic rings. The molecule has 1 aliphatic heterocycles. The Kier molecular flexibility index (Phi) is 6.33. The molecule has 0 spiro atoms. The lowest BCUT2D eigenvalue weighted by Gasteiger charge is -2.16. The highest BCUT2D eigenvalue weighted by Gasteiger charge is 2.31. The summed E-state index contributed by atoms with van der Waals surface area (Å²) in [5.41, 5.74) is 1.76. The second kappa shape index (κ2) is 8.90. The number of hydrogen-bond acceptors (Lipinski definition) is 7. The summed E-state index contributed by atoms with van der Waals surface area (Å²) < 4.78 is 5.38. The maximum atomic E-state index is 12.6. The van der Waals surface area contributed by atoms with Crippen LogP contribution in [0.25, 0.3) is 6.08 Å². The summed E-state index contributed by atoms with van der Waals surface area (Å²) in [4.78, 5) is 26.2. The van der Waals surface area contributed by atoms with Crippen LogP contribution in [0.5, 0.6) is 5.75 Å². The first-order chi connectivity index (χ1) is 13.5. The minimum absolute atomic E-state index is 0.104. The number of hydrogen-bond donors (Lipinski definition) is 2. The average molecular weight is 415 g/mol. The number of thioether (sulfide) groups is 1. The second-order valence-electron chi connectivity index (χ2n) is 5.80. The Morgan fingerprint density at radius 3 is 2.64 bits per heavy atom. The zero-order chi connectivity index (χ0) is 20.1. The third-order valence-electron chi connectivity index (χ3n) is 3.93. The molecule has 144 valence electrons. The Morgan fingerprint density at radius 2 is 1.96 bits per heavy atom. The lowest BCUT2D eigenvalue weighted by Crippen LogP contribution is -2.33. The predicted molar refractivity (Wildman–Crippen MR) is 114 cm³/mol. The van der Waals surface area contributed by atoms with Crippen LogP contribution >= 0.6 is 24.0 Å². The number of ether oxygens (including phenoxy) is 1. The van der Waals surface area contributed by atoms with Gasteiger partial charge in [-0.15, -0.1) is 0 Å². The van der Waals surface area contributed by atoms with E-state index in [0.29, 0.717) is 27.0 Å². The molecule has 2 aromatic carbocycles. The van der Waals surface area contributed by atoms with E-state index in [-0.39, 0.29) is 24.3 Å². The first-order valence-corrected chi connectivity index (χ1v) is 9.76. The summed E-state index contributed by atoms with van der Waals surface area (Å²) in [6.45, 7) is 2.27. The fourth-order valence-corrected chi connectivity index (χ4v) is 3.74. The summed E-state index contributed by atoms with van der Waals surface area (Å²) in [6.07, 6.45) is 1.63. The Labute approximate surface area is 172 Å². The lowest BCUT2D eigenvalue weighted by molar-refractivity contribution is -0.121. The highest BCUT2D eigenvalue weighted by molar-refractivity contribution is 8.26. The molecule has 3 rings (SSSR count). The number of nitrogens with one attached hydrogen (secondary N) is 1. The van der Waals surface area contributed by atoms with Crippen molar-refractivity contribution >= 4 is 51.9 Å². The molecule has 0 aromatic heterocycles. The van der Waals surface area contributed by atoms with Crippen LogP contribution in [-0.2, 0) is 9.53 Å². The number of carbonyl (C=O) groups excluding carboxylic acids is 2. The molecule has 0 radical (unpaired) electrons. The van der Waals surface area contributed by atoms with Crippen LogP contribution in [0.3, 0.4) is 0 Å². The van der Waals surface area contributed by atoms with Gasteiger partial charge in [0, 0.05) is 11.3 Å². The maximum absolute atomic E-state index is 12.6. The fourth-order valence-electron chi connectivity index (χ4n) is 2.50. The monoisotopic (exact) mass is 414 g/mol. The Balaban J connectivity index is 1.65. The Bertz CT molecular complexity index is 941. The predicted octanol–water partition coefficient (Wildman–Crippen LogP) is 3.84. The first-order valence-electron chi connectivity index (χ1n) is 8.54. The molecule has 8 heteroatoms. The van der Waals surface area contributed by atoms with Crippen LogP contribution in [0, 0.1) is 0 Å². The van der Waals surface area contributed by atoms with Gasteiger partial charge >= 0.3 is 5.97 Å². The summed E-state index contributed by atoms with van der Waals surface area (Å²) in [5.74, 6) is -0.498. The van der Waals surface area contributed by atoms with E-state index in [4.69, 9.17) is 17.0 Å². The lowest BCUT2D eigenvalue weighted by atomic mass is 10.2. The third kappa shape index (κ3) is 4.52. The van der Waals surface area contributed by atoms with Gasteiger partial charge < -0.3 is 15.2 Å². The van der Waals surface area contributed by atoms with E-state index in [1.165, 1.54) is 16.7 Å². The van der Waals surface area contributed by atoms with Gasteiger partial charge in [-0.05, 0) is 43.3 Å². The van der Waals surface area contributed by atoms with Crippen molar-refractivity contribution in [2.45, 2.75) is 6.92 Å². The van der Waals surface area contributed by atoms with Gasteiger partial charge in [0.1, 0.15) is 10.1 Å². The Morgan fingerprint density at radius 1 is 1.25 bits per heavy atom. The number of thiocarbonyl (C=S) groups is 1. The summed E-state index contributed by atoms with van der Waals surface area (Å²) in [7, 11) is 0. The van der Waals surface area contributed by atoms with Crippen LogP contribution in [0.15, 0.2) is 53.4 Å². The fraction of sp³-hybridized carbons (Fsp3) is 0.150. The molecular weight excluding hydrogens is 396 g/mol. The zero-order valence-corrected chi connectivity index (χ0v) is 16.7. The van der Waals surface area contributed by atoms with Gasteiger partial charge in [-0.1, -0.05) is 42.2 Å². The molecular formula is C20H18N2O4S2. The van der Waals surface area contributed by atoms with Crippen molar-refractivity contribution < 1.29 is 19.4 Å². The van der Waals surface area contributed by atoms with E-state index in [0.717, 1.165) is 5.69 Å². The molecule has 1 aliphatic rings. The van der Waals surface area contributed by atoms with Crippen LogP contribution in [0.2, 0.25) is 0 Å². The van der Waals surface area contributed by atoms with Gasteiger partial charge in [0.2, 0.25) is 0 Å². The van der Waals surface area contributed by atoms with Crippen LogP contribution in [0.1, 0.15) is 22.8 Å². The van der Waals surface area contributed by atoms with Crippen molar-refractivity contribution in [3.63, 3.8) is 0 Å². The number of esters is 1. The molecule has 1 heterocycles. The number of phenolic OH excluding ortho intramolecular Hbond substituents is 1. The zero-order valence-electron chi connectivity index (χ0n) is 15.0. The highest BCUT2D eigenvalue weighted by atomic mass is 32.2. The van der Waals surface area contributed by atoms with Gasteiger partial charge in [-0.3, -0.25) is 9.69 Å². The van der Waals surface area contributed by atoms with Gasteiger partial charge in [0.05, 0.1) is 23.7 Å². The van der Waals surface area contributed by atoms with Gasteiger partial charge in [-0.2, -0.15) is 0 Å². The molecule has 0 aliphatic carbocycles. The highest BCUT2D eigenvalue weighted by Crippen LogP contribution is 2.33. The summed E-state index contributed by atoms with van der Waals surface area (Å²) >= 11 is 6.50. The number of anilines is 1. The minimum atomic E-state index is -0.375. The molecule has 6 nitrogen and oxygen atoms in total. The molecule has 0 atom stereocenters. The van der Waals surface area contributed by atoms with Gasteiger partial charge in [0.15, 0.2) is 0 Å². The van der Waals surface area contributed by atoms with E-state index in [9.17, 15) is 14.7 Å². The van der Waals surface area contributed by atoms with Crippen molar-refractivity contribution in [2.24, 2.45) is 0 Å². The average Bonchev–Trinajstić information content (AvgIpc) is 2.95. The SMILES string of the molecule is CCOC(=O)c1ccc(NCN2C(=O)/C(=C\c3ccccc3O)SC2=S)cc1. The molecule has 0 saturated carbocycles. The topological polar surface area (TPSA) is 78.9 Å². The number of carbonyl (C=O) groups is 2. The number of aromatic hydroxyl groups is 1. The molecule has 0 unspecified atom stereocenters. The Hall–Kier alpha value is -2.84. The van der Waals surface area contributed by atoms with Crippen LogP contribution in [-0.4, -0.2) is 39.5 Å². The van der Waals surface area contributed by atoms with Crippen molar-refractivity contribution in [3.05, 3.63) is 64.6 Å². The smallest absolute Gasteiger partial charge is 0.338 e. The van der Waals surface area contributed by atoms with Crippen LogP contribution in [0.4, 0.5) is 5.69 Å². The van der Waals surface area contributed by atoms with Gasteiger partial charge in [0.25, 0.3) is 5.91 Å². The number of nitrogens with zero attached hydrogens (tertiary/aromatic N) is 1. The van der Waals surface area contributed by atoms with E-state index in [1.54, 1.807) is 61.5 Å².